The molecule has 0 spiro atoms. The number of fused-ring (bicyclic) bond motifs is 2. The largest absolute Gasteiger partial charge is 0.477 e. The van der Waals surface area contributed by atoms with Crippen LogP contribution in [-0.4, -0.2) is 36.1 Å². The Hall–Kier alpha value is -4.01. The van der Waals surface area contributed by atoms with Gasteiger partial charge < -0.3 is 10.4 Å². The molecule has 0 amide bonds. The lowest BCUT2D eigenvalue weighted by Crippen LogP contribution is -2.25. The Bertz CT molecular complexity index is 1340. The maximum absolute atomic E-state index is 12.7. The van der Waals surface area contributed by atoms with Crippen molar-refractivity contribution in [2.45, 2.75) is 13.8 Å². The molecule has 9 nitrogen and oxygen atoms in total. The van der Waals surface area contributed by atoms with E-state index < -0.39 is 17.1 Å². The Morgan fingerprint density at radius 1 is 1.18 bits per heavy atom. The SMILES string of the molecule is CC(=O)n1ncc2cc(Nc3nc4ccc(C)cn4c(=O)c3C(=O)O)ccc21. The van der Waals surface area contributed by atoms with Crippen molar-refractivity contribution in [3.63, 3.8) is 0 Å². The third-order valence-electron chi connectivity index (χ3n) is 4.31. The van der Waals surface area contributed by atoms with Gasteiger partial charge >= 0.3 is 5.97 Å². The molecule has 0 radical (unpaired) electrons. The van der Waals surface area contributed by atoms with Crippen LogP contribution in [0.1, 0.15) is 27.6 Å². The van der Waals surface area contributed by atoms with Crippen LogP contribution in [0.4, 0.5) is 11.5 Å². The highest BCUT2D eigenvalue weighted by molar-refractivity contribution is 5.95. The zero-order valence-electron chi connectivity index (χ0n) is 15.0. The summed E-state index contributed by atoms with van der Waals surface area (Å²) in [4.78, 5) is 40.3. The number of anilines is 2. The minimum absolute atomic E-state index is 0.0559. The van der Waals surface area contributed by atoms with Crippen LogP contribution in [0.3, 0.4) is 0 Å². The maximum Gasteiger partial charge on any atom is 0.345 e. The smallest absolute Gasteiger partial charge is 0.345 e. The van der Waals surface area contributed by atoms with Crippen LogP contribution in [0.15, 0.2) is 47.5 Å². The quantitative estimate of drug-likeness (QED) is 0.563. The van der Waals surface area contributed by atoms with Crippen molar-refractivity contribution in [1.29, 1.82) is 0 Å². The number of aryl methyl sites for hydroxylation is 1. The van der Waals surface area contributed by atoms with Crippen LogP contribution < -0.4 is 10.9 Å². The van der Waals surface area contributed by atoms with Gasteiger partial charge in [-0.15, -0.1) is 0 Å². The van der Waals surface area contributed by atoms with E-state index in [4.69, 9.17) is 0 Å². The molecule has 4 aromatic rings. The molecule has 0 aliphatic carbocycles. The van der Waals surface area contributed by atoms with E-state index in [1.165, 1.54) is 22.2 Å². The molecule has 2 N–H and O–H groups in total. The van der Waals surface area contributed by atoms with Gasteiger partial charge in [-0.3, -0.25) is 14.0 Å². The van der Waals surface area contributed by atoms with Gasteiger partial charge in [0.1, 0.15) is 5.65 Å². The number of nitrogens with zero attached hydrogens (tertiary/aromatic N) is 4. The Morgan fingerprint density at radius 3 is 2.68 bits per heavy atom. The maximum atomic E-state index is 12.7. The number of nitrogens with one attached hydrogen (secondary N) is 1. The number of pyridine rings is 1. The van der Waals surface area contributed by atoms with Gasteiger partial charge in [0.2, 0.25) is 5.91 Å². The van der Waals surface area contributed by atoms with Gasteiger partial charge in [0.05, 0.1) is 11.7 Å². The van der Waals surface area contributed by atoms with Gasteiger partial charge in [0.15, 0.2) is 11.4 Å². The highest BCUT2D eigenvalue weighted by Crippen LogP contribution is 2.23. The van der Waals surface area contributed by atoms with Crippen molar-refractivity contribution in [2.75, 3.05) is 5.32 Å². The number of aromatic nitrogens is 4. The number of carboxylic acid groups (broad SMARTS) is 1. The number of carbonyl (C=O) groups excluding carboxylic acids is 1. The summed E-state index contributed by atoms with van der Waals surface area (Å²) in [6.45, 7) is 3.21. The highest BCUT2D eigenvalue weighted by Gasteiger charge is 2.20. The molecule has 1 aromatic carbocycles. The number of hydrogen-bond donors (Lipinski definition) is 2. The molecule has 0 unspecified atom stereocenters. The first-order valence-electron chi connectivity index (χ1n) is 8.37. The summed E-state index contributed by atoms with van der Waals surface area (Å²) >= 11 is 0. The van der Waals surface area contributed by atoms with E-state index in [1.807, 2.05) is 0 Å². The zero-order valence-corrected chi connectivity index (χ0v) is 15.0. The second-order valence-electron chi connectivity index (χ2n) is 6.35. The molecule has 28 heavy (non-hydrogen) atoms. The third kappa shape index (κ3) is 2.78. The summed E-state index contributed by atoms with van der Waals surface area (Å²) in [6, 6.07) is 8.48. The molecule has 3 heterocycles. The first kappa shape index (κ1) is 17.4. The lowest BCUT2D eigenvalue weighted by Gasteiger charge is -2.11. The van der Waals surface area contributed by atoms with Crippen LogP contribution >= 0.6 is 0 Å². The number of aromatic carboxylic acids is 1. The Morgan fingerprint density at radius 2 is 1.96 bits per heavy atom. The number of carboxylic acids is 1. The van der Waals surface area contributed by atoms with E-state index in [1.54, 1.807) is 43.5 Å². The topological polar surface area (TPSA) is 119 Å². The Kier molecular flexibility index (Phi) is 3.92. The lowest BCUT2D eigenvalue weighted by molar-refractivity contribution is 0.0695. The number of carbonyl (C=O) groups is 2. The minimum atomic E-state index is -1.37. The summed E-state index contributed by atoms with van der Waals surface area (Å²) in [5.41, 5.74) is 1.15. The van der Waals surface area contributed by atoms with E-state index in [2.05, 4.69) is 15.4 Å². The first-order valence-corrected chi connectivity index (χ1v) is 8.37. The summed E-state index contributed by atoms with van der Waals surface area (Å²) < 4.78 is 2.48. The van der Waals surface area contributed by atoms with Crippen LogP contribution in [-0.2, 0) is 0 Å². The van der Waals surface area contributed by atoms with E-state index in [0.717, 1.165) is 5.56 Å². The van der Waals surface area contributed by atoms with Gasteiger partial charge in [0.25, 0.3) is 5.56 Å². The molecule has 0 aliphatic rings. The minimum Gasteiger partial charge on any atom is -0.477 e. The number of hydrogen-bond acceptors (Lipinski definition) is 6. The molecule has 4 rings (SSSR count). The van der Waals surface area contributed by atoms with Crippen molar-refractivity contribution >= 4 is 39.9 Å². The third-order valence-corrected chi connectivity index (χ3v) is 4.31. The van der Waals surface area contributed by atoms with E-state index in [9.17, 15) is 19.5 Å². The molecular weight excluding hydrogens is 362 g/mol. The van der Waals surface area contributed by atoms with Crippen molar-refractivity contribution in [3.05, 3.63) is 64.2 Å². The Labute approximate surface area is 157 Å². The predicted molar refractivity (Wildman–Crippen MR) is 102 cm³/mol. The molecule has 3 aromatic heterocycles. The summed E-state index contributed by atoms with van der Waals surface area (Å²) in [6.07, 6.45) is 3.08. The fourth-order valence-corrected chi connectivity index (χ4v) is 3.03. The molecule has 0 saturated heterocycles. The predicted octanol–water partition coefficient (Wildman–Crippen LogP) is 2.45. The molecule has 0 fully saturated rings. The summed E-state index contributed by atoms with van der Waals surface area (Å²) in [7, 11) is 0. The first-order chi connectivity index (χ1) is 13.3. The molecule has 9 heteroatoms. The van der Waals surface area contributed by atoms with E-state index in [-0.39, 0.29) is 11.7 Å². The summed E-state index contributed by atoms with van der Waals surface area (Å²) in [5.74, 6) is -1.65. The monoisotopic (exact) mass is 377 g/mol. The molecular formula is C19H15N5O4. The van der Waals surface area contributed by atoms with Gasteiger partial charge in [0, 0.05) is 24.2 Å². The van der Waals surface area contributed by atoms with E-state index in [0.29, 0.717) is 22.2 Å². The van der Waals surface area contributed by atoms with Crippen LogP contribution in [0, 0.1) is 6.92 Å². The van der Waals surface area contributed by atoms with Crippen LogP contribution in [0.25, 0.3) is 16.6 Å². The number of benzene rings is 1. The average Bonchev–Trinajstić information content (AvgIpc) is 3.05. The second-order valence-corrected chi connectivity index (χ2v) is 6.35. The van der Waals surface area contributed by atoms with Gasteiger partial charge in [-0.2, -0.15) is 5.10 Å². The van der Waals surface area contributed by atoms with Crippen molar-refractivity contribution in [1.82, 2.24) is 19.2 Å². The van der Waals surface area contributed by atoms with Crippen molar-refractivity contribution in [2.24, 2.45) is 0 Å². The van der Waals surface area contributed by atoms with Gasteiger partial charge in [-0.05, 0) is 36.8 Å². The molecule has 0 atom stereocenters. The molecule has 0 aliphatic heterocycles. The average molecular weight is 377 g/mol. The van der Waals surface area contributed by atoms with Crippen molar-refractivity contribution < 1.29 is 14.7 Å². The molecule has 140 valence electrons. The normalized spacial score (nSPS) is 11.1. The zero-order chi connectivity index (χ0) is 20.0. The van der Waals surface area contributed by atoms with Gasteiger partial charge in [-0.25, -0.2) is 14.5 Å². The summed E-state index contributed by atoms with van der Waals surface area (Å²) in [5, 5.41) is 17.2. The van der Waals surface area contributed by atoms with E-state index >= 15 is 0 Å². The Balaban J connectivity index is 1.85. The standard InChI is InChI=1S/C19H15N5O4/c1-10-3-6-15-22-17(16(19(27)28)18(26)23(15)9-10)21-13-4-5-14-12(7-13)8-20-24(14)11(2)25/h3-9,21H,1-2H3,(H,27,28). The highest BCUT2D eigenvalue weighted by atomic mass is 16.4. The fraction of sp³-hybridized carbons (Fsp3) is 0.105. The van der Waals surface area contributed by atoms with Crippen LogP contribution in [0.2, 0.25) is 0 Å². The lowest BCUT2D eigenvalue weighted by atomic mass is 10.2. The van der Waals surface area contributed by atoms with Gasteiger partial charge in [-0.1, -0.05) is 6.07 Å². The number of rotatable bonds is 3. The second kappa shape index (κ2) is 6.31. The fourth-order valence-electron chi connectivity index (χ4n) is 3.03. The molecule has 0 saturated carbocycles. The molecule has 0 bridgehead atoms. The van der Waals surface area contributed by atoms with Crippen molar-refractivity contribution in [3.8, 4) is 0 Å². The van der Waals surface area contributed by atoms with Crippen LogP contribution in [0.5, 0.6) is 0 Å².